The molecule has 0 amide bonds. The third-order valence-corrected chi connectivity index (χ3v) is 5.06. The second-order valence-corrected chi connectivity index (χ2v) is 6.77. The second-order valence-electron chi connectivity index (χ2n) is 5.39. The normalized spacial score (nSPS) is 11.4. The van der Waals surface area contributed by atoms with E-state index in [4.69, 9.17) is 11.6 Å². The van der Waals surface area contributed by atoms with Crippen molar-refractivity contribution in [2.45, 2.75) is 10.9 Å². The lowest BCUT2D eigenvalue weighted by Crippen LogP contribution is -2.15. The van der Waals surface area contributed by atoms with Crippen LogP contribution in [0.2, 0.25) is 5.02 Å². The monoisotopic (exact) mass is 356 g/mol. The summed E-state index contributed by atoms with van der Waals surface area (Å²) < 4.78 is 3.50. The maximum Gasteiger partial charge on any atom is 0.258 e. The number of pyridine rings is 1. The van der Waals surface area contributed by atoms with Crippen molar-refractivity contribution in [2.24, 2.45) is 7.05 Å². The Balaban J connectivity index is 1.65. The molecule has 24 heavy (non-hydrogen) atoms. The molecule has 0 unspecified atom stereocenters. The Morgan fingerprint density at radius 2 is 2.00 bits per heavy atom. The Kier molecular flexibility index (Phi) is 3.78. The molecule has 7 heteroatoms. The van der Waals surface area contributed by atoms with Crippen molar-refractivity contribution in [3.63, 3.8) is 0 Å². The largest absolute Gasteiger partial charge is 0.322 e. The number of imidazole rings is 1. The molecule has 0 atom stereocenters. The minimum absolute atomic E-state index is 0.136. The summed E-state index contributed by atoms with van der Waals surface area (Å²) in [7, 11) is 1.99. The molecule has 0 aliphatic carbocycles. The van der Waals surface area contributed by atoms with Crippen molar-refractivity contribution in [3.05, 3.63) is 69.7 Å². The van der Waals surface area contributed by atoms with Gasteiger partial charge in [-0.25, -0.2) is 9.97 Å². The summed E-state index contributed by atoms with van der Waals surface area (Å²) in [5.41, 5.74) is 3.22. The zero-order valence-electron chi connectivity index (χ0n) is 12.8. The Morgan fingerprint density at radius 1 is 1.17 bits per heavy atom. The lowest BCUT2D eigenvalue weighted by Gasteiger charge is -2.05. The number of hydrogen-bond donors (Lipinski definition) is 0. The summed E-state index contributed by atoms with van der Waals surface area (Å²) in [6.45, 7) is 0. The molecule has 0 N–H and O–H groups in total. The van der Waals surface area contributed by atoms with E-state index in [9.17, 15) is 4.79 Å². The van der Waals surface area contributed by atoms with Crippen molar-refractivity contribution >= 4 is 40.0 Å². The molecule has 0 radical (unpaired) electrons. The van der Waals surface area contributed by atoms with Crippen LogP contribution in [0, 0.1) is 0 Å². The average Bonchev–Trinajstić information content (AvgIpc) is 2.90. The third-order valence-electron chi connectivity index (χ3n) is 3.77. The summed E-state index contributed by atoms with van der Waals surface area (Å²) in [6, 6.07) is 13.0. The molecule has 0 fully saturated rings. The van der Waals surface area contributed by atoms with E-state index in [1.165, 1.54) is 4.40 Å². The Morgan fingerprint density at radius 3 is 2.83 bits per heavy atom. The summed E-state index contributed by atoms with van der Waals surface area (Å²) in [5.74, 6) is 0.575. The van der Waals surface area contributed by atoms with Crippen LogP contribution in [0.25, 0.3) is 16.7 Å². The van der Waals surface area contributed by atoms with Gasteiger partial charge in [0, 0.05) is 25.1 Å². The third kappa shape index (κ3) is 2.68. The number of rotatable bonds is 3. The molecule has 0 bridgehead atoms. The molecule has 0 saturated carbocycles. The van der Waals surface area contributed by atoms with Crippen molar-refractivity contribution in [1.82, 2.24) is 18.9 Å². The van der Waals surface area contributed by atoms with E-state index in [1.807, 2.05) is 35.9 Å². The smallest absolute Gasteiger partial charge is 0.258 e. The van der Waals surface area contributed by atoms with Crippen molar-refractivity contribution in [1.29, 1.82) is 0 Å². The molecule has 5 nitrogen and oxygen atoms in total. The van der Waals surface area contributed by atoms with Crippen LogP contribution in [-0.4, -0.2) is 18.9 Å². The van der Waals surface area contributed by atoms with Gasteiger partial charge in [-0.15, -0.1) is 0 Å². The van der Waals surface area contributed by atoms with Gasteiger partial charge in [-0.05, 0) is 24.3 Å². The van der Waals surface area contributed by atoms with E-state index in [0.717, 1.165) is 21.9 Å². The number of aromatic nitrogens is 4. The van der Waals surface area contributed by atoms with Crippen molar-refractivity contribution < 1.29 is 0 Å². The Bertz CT molecular complexity index is 1120. The highest BCUT2D eigenvalue weighted by atomic mass is 35.5. The van der Waals surface area contributed by atoms with Crippen LogP contribution in [0.5, 0.6) is 0 Å². The minimum atomic E-state index is -0.136. The first-order valence-electron chi connectivity index (χ1n) is 7.34. The van der Waals surface area contributed by atoms with E-state index in [2.05, 4.69) is 9.97 Å². The lowest BCUT2D eigenvalue weighted by molar-refractivity contribution is 0.814. The van der Waals surface area contributed by atoms with Gasteiger partial charge in [0.25, 0.3) is 5.56 Å². The summed E-state index contributed by atoms with van der Waals surface area (Å²) in [5, 5.41) is 1.41. The maximum absolute atomic E-state index is 12.2. The predicted octanol–water partition coefficient (Wildman–Crippen LogP) is 3.53. The van der Waals surface area contributed by atoms with Gasteiger partial charge in [0.15, 0.2) is 5.16 Å². The molecule has 3 heterocycles. The highest BCUT2D eigenvalue weighted by molar-refractivity contribution is 7.98. The first kappa shape index (κ1) is 15.2. The number of thioether (sulfide) groups is 1. The van der Waals surface area contributed by atoms with Gasteiger partial charge in [-0.3, -0.25) is 9.20 Å². The van der Waals surface area contributed by atoms with Crippen LogP contribution in [0.3, 0.4) is 0 Å². The molecule has 0 spiro atoms. The average molecular weight is 357 g/mol. The number of fused-ring (bicyclic) bond motifs is 2. The number of hydrogen-bond acceptors (Lipinski definition) is 4. The van der Waals surface area contributed by atoms with Gasteiger partial charge < -0.3 is 4.57 Å². The molecule has 120 valence electrons. The molecule has 4 aromatic rings. The van der Waals surface area contributed by atoms with E-state index in [-0.39, 0.29) is 5.56 Å². The Hall–Kier alpha value is -2.31. The van der Waals surface area contributed by atoms with Gasteiger partial charge in [0.2, 0.25) is 0 Å². The number of benzene rings is 1. The zero-order chi connectivity index (χ0) is 16.7. The second kappa shape index (κ2) is 5.96. The molecule has 1 aromatic carbocycles. The van der Waals surface area contributed by atoms with Crippen molar-refractivity contribution in [2.75, 3.05) is 0 Å². The molecule has 4 rings (SSSR count). The van der Waals surface area contributed by atoms with E-state index < -0.39 is 0 Å². The van der Waals surface area contributed by atoms with E-state index in [0.29, 0.717) is 16.4 Å². The molecule has 0 saturated heterocycles. The highest BCUT2D eigenvalue weighted by Gasteiger charge is 2.09. The number of para-hydroxylation sites is 2. The fourth-order valence-corrected chi connectivity index (χ4v) is 3.63. The fraction of sp³-hybridized carbons (Fsp3) is 0.118. The summed E-state index contributed by atoms with van der Waals surface area (Å²) in [4.78, 5) is 21.3. The lowest BCUT2D eigenvalue weighted by atomic mass is 10.3. The minimum Gasteiger partial charge on any atom is -0.322 e. The van der Waals surface area contributed by atoms with Crippen molar-refractivity contribution in [3.8, 4) is 0 Å². The maximum atomic E-state index is 12.2. The van der Waals surface area contributed by atoms with Crippen LogP contribution >= 0.6 is 23.4 Å². The first-order chi connectivity index (χ1) is 11.6. The van der Waals surface area contributed by atoms with E-state index >= 15 is 0 Å². The number of nitrogens with zero attached hydrogens (tertiary/aromatic N) is 4. The zero-order valence-corrected chi connectivity index (χ0v) is 14.4. The van der Waals surface area contributed by atoms with Crippen LogP contribution in [-0.2, 0) is 12.8 Å². The van der Waals surface area contributed by atoms with E-state index in [1.54, 1.807) is 36.2 Å². The SMILES string of the molecule is Cn1c(SCc2cc(=O)n3cc(Cl)ccc3n2)nc2ccccc21. The number of halogens is 1. The summed E-state index contributed by atoms with van der Waals surface area (Å²) in [6.07, 6.45) is 1.58. The van der Waals surface area contributed by atoms with Crippen LogP contribution in [0.15, 0.2) is 58.6 Å². The topological polar surface area (TPSA) is 52.2 Å². The predicted molar refractivity (Wildman–Crippen MR) is 96.7 cm³/mol. The molecule has 0 aliphatic heterocycles. The van der Waals surface area contributed by atoms with Gasteiger partial charge in [-0.1, -0.05) is 35.5 Å². The molecular weight excluding hydrogens is 344 g/mol. The van der Waals surface area contributed by atoms with Gasteiger partial charge >= 0.3 is 0 Å². The molecule has 0 aliphatic rings. The van der Waals surface area contributed by atoms with Crippen LogP contribution in [0.4, 0.5) is 0 Å². The summed E-state index contributed by atoms with van der Waals surface area (Å²) >= 11 is 7.49. The van der Waals surface area contributed by atoms with Gasteiger partial charge in [0.05, 0.1) is 21.7 Å². The molecule has 3 aromatic heterocycles. The first-order valence-corrected chi connectivity index (χ1v) is 8.70. The fourth-order valence-electron chi connectivity index (χ4n) is 2.59. The highest BCUT2D eigenvalue weighted by Crippen LogP contribution is 2.25. The van der Waals surface area contributed by atoms with Gasteiger partial charge in [-0.2, -0.15) is 0 Å². The standard InChI is InChI=1S/C17H13ClN4OS/c1-21-14-5-3-2-4-13(14)20-17(21)24-10-12-8-16(23)22-9-11(18)6-7-15(22)19-12/h2-9H,10H2,1H3. The quantitative estimate of drug-likeness (QED) is 0.527. The molecular formula is C17H13ClN4OS. The number of aryl methyl sites for hydroxylation is 1. The Labute approximate surface area is 146 Å². The van der Waals surface area contributed by atoms with Crippen LogP contribution < -0.4 is 5.56 Å². The van der Waals surface area contributed by atoms with Gasteiger partial charge in [0.1, 0.15) is 5.65 Å². The van der Waals surface area contributed by atoms with Crippen LogP contribution in [0.1, 0.15) is 5.69 Å².